The minimum atomic E-state index is -0.486. The predicted molar refractivity (Wildman–Crippen MR) is 261 cm³/mol. The highest BCUT2D eigenvalue weighted by atomic mass is 19.1. The Morgan fingerprint density at radius 1 is 0.472 bits per heavy atom. The van der Waals surface area contributed by atoms with Crippen LogP contribution in [0.3, 0.4) is 0 Å². The lowest BCUT2D eigenvalue weighted by Gasteiger charge is -2.33. The third kappa shape index (κ3) is 14.0. The first-order chi connectivity index (χ1) is 35.3. The first-order valence-electron chi connectivity index (χ1n) is 23.7. The van der Waals surface area contributed by atoms with E-state index in [0.29, 0.717) is 124 Å². The van der Waals surface area contributed by atoms with Crippen LogP contribution in [0, 0.1) is 11.6 Å². The van der Waals surface area contributed by atoms with E-state index in [0.717, 1.165) is 50.7 Å². The molecule has 1 aliphatic heterocycles. The van der Waals surface area contributed by atoms with Crippen LogP contribution >= 0.6 is 0 Å². The summed E-state index contributed by atoms with van der Waals surface area (Å²) in [7, 11) is 0. The summed E-state index contributed by atoms with van der Waals surface area (Å²) in [6, 6.07) is 24.9. The quantitative estimate of drug-likeness (QED) is 0.0556. The van der Waals surface area contributed by atoms with Gasteiger partial charge in [-0.25, -0.2) is 18.1 Å². The van der Waals surface area contributed by atoms with Crippen molar-refractivity contribution >= 4 is 21.9 Å². The van der Waals surface area contributed by atoms with Gasteiger partial charge in [0.15, 0.2) is 10.9 Å². The van der Waals surface area contributed by atoms with Gasteiger partial charge in [-0.2, -0.15) is 0 Å². The van der Waals surface area contributed by atoms with Crippen LogP contribution in [-0.2, 0) is 45.1 Å². The van der Waals surface area contributed by atoms with Crippen molar-refractivity contribution in [2.24, 2.45) is 0 Å². The van der Waals surface area contributed by atoms with Crippen molar-refractivity contribution in [3.8, 4) is 34.1 Å². The minimum Gasteiger partial charge on any atom is -0.491 e. The molecule has 20 heteroatoms. The molecule has 4 aromatic carbocycles. The highest BCUT2D eigenvalue weighted by Gasteiger charge is 2.20. The molecule has 376 valence electrons. The van der Waals surface area contributed by atoms with E-state index in [4.69, 9.17) is 37.3 Å². The van der Waals surface area contributed by atoms with Crippen molar-refractivity contribution in [1.82, 2.24) is 39.8 Å². The van der Waals surface area contributed by atoms with Crippen molar-refractivity contribution in [2.75, 3.05) is 92.2 Å². The molecule has 0 amide bonds. The normalized spacial score (nSPS) is 13.4. The SMILES string of the molecule is O=c1cc(-c2ccc(OCCOCCOCCn3cc(CN4CCN(Cc5cn(CCOCCOCCOc6ccc(-c7cc(=O)c8cc(F)ccc8o7)cc6)nn5)CC4)nn3)cc2)oc2ccc(F)cc12. The topological polar surface area (TPSA) is 184 Å². The molecule has 8 aromatic rings. The lowest BCUT2D eigenvalue weighted by Crippen LogP contribution is -2.45. The maximum Gasteiger partial charge on any atom is 0.193 e. The zero-order chi connectivity index (χ0) is 49.5. The van der Waals surface area contributed by atoms with E-state index in [9.17, 15) is 18.4 Å². The first-order valence-corrected chi connectivity index (χ1v) is 23.7. The number of rotatable bonds is 26. The number of halogens is 2. The van der Waals surface area contributed by atoms with E-state index in [1.54, 1.807) is 57.9 Å². The van der Waals surface area contributed by atoms with Gasteiger partial charge in [0.05, 0.1) is 88.1 Å². The van der Waals surface area contributed by atoms with Crippen LogP contribution in [0.25, 0.3) is 44.6 Å². The molecule has 1 fully saturated rings. The van der Waals surface area contributed by atoms with E-state index in [1.807, 2.05) is 12.4 Å². The van der Waals surface area contributed by atoms with Gasteiger partial charge in [-0.05, 0) is 84.9 Å². The van der Waals surface area contributed by atoms with Crippen molar-refractivity contribution in [1.29, 1.82) is 0 Å². The summed E-state index contributed by atoms with van der Waals surface area (Å²) in [5.41, 5.74) is 3.29. The zero-order valence-electron chi connectivity index (χ0n) is 39.5. The number of hydrogen-bond acceptors (Lipinski definition) is 16. The number of fused-ring (bicyclic) bond motifs is 2. The van der Waals surface area contributed by atoms with E-state index in [2.05, 4.69) is 30.4 Å². The molecule has 0 saturated carbocycles. The number of benzene rings is 4. The van der Waals surface area contributed by atoms with Gasteiger partial charge in [-0.1, -0.05) is 10.4 Å². The number of aromatic nitrogens is 6. The fourth-order valence-electron chi connectivity index (χ4n) is 7.97. The number of ether oxygens (including phenoxy) is 6. The number of hydrogen-bond donors (Lipinski definition) is 0. The molecule has 0 aliphatic carbocycles. The molecule has 9 rings (SSSR count). The van der Waals surface area contributed by atoms with Crippen LogP contribution in [0.15, 0.2) is 128 Å². The van der Waals surface area contributed by atoms with Gasteiger partial charge < -0.3 is 37.3 Å². The Labute approximate surface area is 412 Å². The molecule has 18 nitrogen and oxygen atoms in total. The van der Waals surface area contributed by atoms with Crippen LogP contribution in [0.1, 0.15) is 11.4 Å². The lowest BCUT2D eigenvalue weighted by molar-refractivity contribution is 0.0332. The van der Waals surface area contributed by atoms with Crippen molar-refractivity contribution in [3.05, 3.63) is 153 Å². The summed E-state index contributed by atoms with van der Waals surface area (Å²) >= 11 is 0. The summed E-state index contributed by atoms with van der Waals surface area (Å²) in [5.74, 6) is 1.12. The maximum atomic E-state index is 13.5. The molecule has 0 atom stereocenters. The molecular weight excluding hydrogens is 935 g/mol. The molecule has 1 saturated heterocycles. The third-order valence-electron chi connectivity index (χ3n) is 11.7. The second-order valence-electron chi connectivity index (χ2n) is 16.9. The summed E-state index contributed by atoms with van der Waals surface area (Å²) in [4.78, 5) is 29.6. The number of piperazine rings is 1. The van der Waals surface area contributed by atoms with Gasteiger partial charge >= 0.3 is 0 Å². The second kappa shape index (κ2) is 24.8. The summed E-state index contributed by atoms with van der Waals surface area (Å²) < 4.78 is 76.6. The van der Waals surface area contributed by atoms with Crippen LogP contribution in [0.5, 0.6) is 11.5 Å². The molecule has 5 heterocycles. The van der Waals surface area contributed by atoms with Crippen molar-refractivity contribution < 1.29 is 46.0 Å². The highest BCUT2D eigenvalue weighted by molar-refractivity contribution is 5.79. The minimum absolute atomic E-state index is 0.203. The molecule has 0 N–H and O–H groups in total. The number of nitrogens with zero attached hydrogens (tertiary/aromatic N) is 8. The standard InChI is InChI=1S/C52H54F2N8O10/c53-39-5-11-49-45(29-39)47(63)31-51(71-49)37-1-7-43(8-2-37)69-27-25-67-23-21-65-19-17-61-35-41(55-57-61)33-59-13-15-60(16-14-59)34-42-36-62(58-56-42)18-20-66-22-24-68-26-28-70-44-9-3-38(4-10-44)52-32-48(64)46-30-40(54)6-12-50(46)72-52/h1-12,29-32,35-36H,13-28,33-34H2. The summed E-state index contributed by atoms with van der Waals surface area (Å²) in [6.07, 6.45) is 3.93. The van der Waals surface area contributed by atoms with Crippen LogP contribution in [0.2, 0.25) is 0 Å². The Bertz CT molecular complexity index is 2910. The van der Waals surface area contributed by atoms with Crippen molar-refractivity contribution in [3.63, 3.8) is 0 Å². The fourth-order valence-corrected chi connectivity index (χ4v) is 7.97. The van der Waals surface area contributed by atoms with Crippen molar-refractivity contribution in [2.45, 2.75) is 26.2 Å². The lowest BCUT2D eigenvalue weighted by atomic mass is 10.1. The third-order valence-corrected chi connectivity index (χ3v) is 11.7. The fraction of sp³-hybridized carbons (Fsp3) is 0.346. The Balaban J connectivity index is 0.563. The molecular formula is C52H54F2N8O10. The Kier molecular flexibility index (Phi) is 17.1. The molecule has 72 heavy (non-hydrogen) atoms. The van der Waals surface area contributed by atoms with Gasteiger partial charge in [0.1, 0.15) is 59.0 Å². The maximum absolute atomic E-state index is 13.5. The van der Waals surface area contributed by atoms with Gasteiger partial charge in [-0.3, -0.25) is 19.4 Å². The molecule has 1 aliphatic rings. The largest absolute Gasteiger partial charge is 0.491 e. The monoisotopic (exact) mass is 988 g/mol. The van der Waals surface area contributed by atoms with Gasteiger partial charge in [0.2, 0.25) is 0 Å². The van der Waals surface area contributed by atoms with Crippen LogP contribution in [-0.4, -0.2) is 132 Å². The van der Waals surface area contributed by atoms with Crippen LogP contribution in [0.4, 0.5) is 8.78 Å². The average Bonchev–Trinajstić information content (AvgIpc) is 4.05. The van der Waals surface area contributed by atoms with E-state index < -0.39 is 11.6 Å². The Hall–Kier alpha value is -7.20. The Morgan fingerprint density at radius 2 is 0.861 bits per heavy atom. The highest BCUT2D eigenvalue weighted by Crippen LogP contribution is 2.26. The van der Waals surface area contributed by atoms with Gasteiger partial charge in [-0.15, -0.1) is 10.2 Å². The Morgan fingerprint density at radius 3 is 1.28 bits per heavy atom. The predicted octanol–water partition coefficient (Wildman–Crippen LogP) is 6.24. The molecule has 0 spiro atoms. The summed E-state index contributed by atoms with van der Waals surface area (Å²) in [5, 5.41) is 17.7. The molecule has 0 radical (unpaired) electrons. The molecule has 0 unspecified atom stereocenters. The second-order valence-corrected chi connectivity index (χ2v) is 16.9. The molecule has 0 bridgehead atoms. The van der Waals surface area contributed by atoms with E-state index in [1.165, 1.54) is 48.5 Å². The first kappa shape index (κ1) is 49.8. The molecule has 4 aromatic heterocycles. The zero-order valence-corrected chi connectivity index (χ0v) is 39.5. The summed E-state index contributed by atoms with van der Waals surface area (Å²) in [6.45, 7) is 10.5. The average molecular weight is 989 g/mol. The van der Waals surface area contributed by atoms with Gasteiger partial charge in [0.25, 0.3) is 0 Å². The van der Waals surface area contributed by atoms with E-state index >= 15 is 0 Å². The van der Waals surface area contributed by atoms with Crippen LogP contribution < -0.4 is 20.3 Å². The van der Waals surface area contributed by atoms with Gasteiger partial charge in [0, 0.05) is 74.9 Å². The van der Waals surface area contributed by atoms with E-state index in [-0.39, 0.29) is 21.6 Å². The smallest absolute Gasteiger partial charge is 0.193 e.